The van der Waals surface area contributed by atoms with Crippen molar-refractivity contribution in [3.8, 4) is 11.5 Å². The molecule has 3 rings (SSSR count). The number of allylic oxidation sites excluding steroid dienone is 2. The van der Waals surface area contributed by atoms with Crippen molar-refractivity contribution in [1.82, 2.24) is 9.80 Å². The zero-order chi connectivity index (χ0) is 28.5. The van der Waals surface area contributed by atoms with Gasteiger partial charge in [-0.2, -0.15) is 0 Å². The van der Waals surface area contributed by atoms with Crippen LogP contribution in [-0.2, 0) is 32.0 Å². The Morgan fingerprint density at radius 1 is 1.21 bits per heavy atom. The summed E-state index contributed by atoms with van der Waals surface area (Å²) in [5.41, 5.74) is 3.75. The van der Waals surface area contributed by atoms with Crippen LogP contribution in [0.5, 0.6) is 11.5 Å². The van der Waals surface area contributed by atoms with E-state index in [-0.39, 0.29) is 17.8 Å². The molecule has 0 amide bonds. The van der Waals surface area contributed by atoms with Gasteiger partial charge in [0.05, 0.1) is 20.3 Å². The second-order valence-electron chi connectivity index (χ2n) is 10.5. The van der Waals surface area contributed by atoms with E-state index < -0.39 is 5.97 Å². The van der Waals surface area contributed by atoms with Crippen molar-refractivity contribution in [2.45, 2.75) is 53.6 Å². The molecular weight excluding hydrogens is 520 g/mol. The van der Waals surface area contributed by atoms with E-state index in [9.17, 15) is 9.59 Å². The Bertz CT molecular complexity index is 1080. The molecule has 0 bridgehead atoms. The number of carbonyl (C=O) groups is 2. The van der Waals surface area contributed by atoms with Crippen LogP contribution in [0.1, 0.15) is 60.7 Å². The zero-order valence-corrected chi connectivity index (χ0v) is 24.9. The van der Waals surface area contributed by atoms with Crippen molar-refractivity contribution >= 4 is 29.3 Å². The first-order valence-electron chi connectivity index (χ1n) is 13.6. The van der Waals surface area contributed by atoms with E-state index in [1.54, 1.807) is 7.11 Å². The number of cyclic esters (lactones) is 1. The van der Waals surface area contributed by atoms with Crippen molar-refractivity contribution in [3.05, 3.63) is 33.9 Å². The fourth-order valence-corrected chi connectivity index (χ4v) is 4.93. The normalized spacial score (nSPS) is 15.7. The van der Waals surface area contributed by atoms with Gasteiger partial charge in [-0.25, -0.2) is 4.79 Å². The second-order valence-corrected chi connectivity index (χ2v) is 10.8. The van der Waals surface area contributed by atoms with Gasteiger partial charge in [0, 0.05) is 50.8 Å². The lowest BCUT2D eigenvalue weighted by molar-refractivity contribution is -0.144. The fraction of sp³-hybridized carbons (Fsp3) is 0.621. The van der Waals surface area contributed by atoms with Crippen molar-refractivity contribution in [2.75, 3.05) is 60.2 Å². The van der Waals surface area contributed by atoms with Crippen LogP contribution in [0.4, 0.5) is 0 Å². The molecule has 1 aromatic rings. The van der Waals surface area contributed by atoms with Gasteiger partial charge in [-0.15, -0.1) is 0 Å². The third kappa shape index (κ3) is 8.40. The number of esters is 2. The smallest absolute Gasteiger partial charge is 0.342 e. The molecule has 0 atom stereocenters. The highest BCUT2D eigenvalue weighted by atomic mass is 32.1. The number of rotatable bonds is 12. The van der Waals surface area contributed by atoms with E-state index in [2.05, 4.69) is 18.7 Å². The maximum absolute atomic E-state index is 12.7. The van der Waals surface area contributed by atoms with Crippen molar-refractivity contribution < 1.29 is 33.3 Å². The summed E-state index contributed by atoms with van der Waals surface area (Å²) in [5, 5.41) is 0.276. The van der Waals surface area contributed by atoms with Crippen LogP contribution < -0.4 is 9.47 Å². The van der Waals surface area contributed by atoms with Crippen LogP contribution in [0.3, 0.4) is 0 Å². The third-order valence-corrected chi connectivity index (χ3v) is 7.31. The predicted molar refractivity (Wildman–Crippen MR) is 152 cm³/mol. The summed E-state index contributed by atoms with van der Waals surface area (Å²) in [6.45, 7) is 13.3. The minimum absolute atomic E-state index is 0.171. The molecule has 0 saturated carbocycles. The third-order valence-electron chi connectivity index (χ3n) is 6.92. The number of hydrogen-bond acceptors (Lipinski definition) is 9. The molecular formula is C29H42N2O7S. The summed E-state index contributed by atoms with van der Waals surface area (Å²) >= 11 is 5.58. The summed E-state index contributed by atoms with van der Waals surface area (Å²) in [4.78, 5) is 29.1. The average molecular weight is 563 g/mol. The lowest BCUT2D eigenvalue weighted by Crippen LogP contribution is -2.38. The first kappa shape index (κ1) is 30.8. The minimum atomic E-state index is -0.429. The van der Waals surface area contributed by atoms with Gasteiger partial charge in [-0.3, -0.25) is 9.69 Å². The van der Waals surface area contributed by atoms with Gasteiger partial charge in [0.15, 0.2) is 5.75 Å². The van der Waals surface area contributed by atoms with Crippen LogP contribution >= 0.6 is 12.2 Å². The van der Waals surface area contributed by atoms with Gasteiger partial charge in [-0.05, 0) is 50.4 Å². The van der Waals surface area contributed by atoms with Gasteiger partial charge in [0.25, 0.3) is 5.17 Å². The molecule has 1 saturated heterocycles. The summed E-state index contributed by atoms with van der Waals surface area (Å²) in [6.07, 6.45) is 3.33. The Hall–Kier alpha value is -2.69. The van der Waals surface area contributed by atoms with Crippen molar-refractivity contribution in [2.24, 2.45) is 5.92 Å². The van der Waals surface area contributed by atoms with Crippen LogP contribution in [0.25, 0.3) is 0 Å². The number of methoxy groups -OCH3 is 1. The zero-order valence-electron chi connectivity index (χ0n) is 24.1. The average Bonchev–Trinajstić information content (AvgIpc) is 3.29. The van der Waals surface area contributed by atoms with Crippen molar-refractivity contribution in [3.63, 3.8) is 0 Å². The van der Waals surface area contributed by atoms with E-state index >= 15 is 0 Å². The quantitative estimate of drug-likeness (QED) is 0.211. The Morgan fingerprint density at radius 2 is 1.92 bits per heavy atom. The predicted octanol–water partition coefficient (Wildman–Crippen LogP) is 4.07. The number of nitrogens with zero attached hydrogens (tertiary/aromatic N) is 2. The molecule has 39 heavy (non-hydrogen) atoms. The van der Waals surface area contributed by atoms with E-state index in [0.717, 1.165) is 55.1 Å². The molecule has 10 heteroatoms. The number of fused-ring (bicyclic) bond motifs is 1. The lowest BCUT2D eigenvalue weighted by Gasteiger charge is -2.26. The number of benzene rings is 1. The first-order chi connectivity index (χ1) is 18.6. The fourth-order valence-electron chi connectivity index (χ4n) is 4.77. The van der Waals surface area contributed by atoms with Gasteiger partial charge in [0.1, 0.15) is 24.5 Å². The molecule has 1 fully saturated rings. The highest BCUT2D eigenvalue weighted by Gasteiger charge is 2.34. The summed E-state index contributed by atoms with van der Waals surface area (Å²) < 4.78 is 28.1. The topological polar surface area (TPSA) is 86.8 Å². The standard InChI is InChI=1S/C29H42N2O7S/c1-19(2)17-30(5)29(39)38-27-22(26(34-6)21(4)23-18-37-28(33)25(23)27)9-7-20(3)8-10-24(32)36-16-13-31-11-14-35-15-12-31/h7,19H,8-18H2,1-6H3. The highest BCUT2D eigenvalue weighted by Crippen LogP contribution is 2.43. The SMILES string of the molecule is COc1c(C)c2c(c(OC(=S)N(C)CC(C)C)c1CC=C(C)CCC(=O)OCCN1CCOCC1)C(=O)OC2. The maximum Gasteiger partial charge on any atom is 0.342 e. The van der Waals surface area contributed by atoms with Crippen LogP contribution in [0.15, 0.2) is 11.6 Å². The van der Waals surface area contributed by atoms with Crippen molar-refractivity contribution in [1.29, 1.82) is 0 Å². The molecule has 0 spiro atoms. The Morgan fingerprint density at radius 3 is 2.59 bits per heavy atom. The van der Waals surface area contributed by atoms with Gasteiger partial charge in [0.2, 0.25) is 0 Å². The second kappa shape index (κ2) is 14.6. The summed E-state index contributed by atoms with van der Waals surface area (Å²) in [7, 11) is 3.47. The number of thiocarbonyl (C=S) groups is 1. The van der Waals surface area contributed by atoms with Crippen LogP contribution in [-0.4, -0.2) is 87.1 Å². The Balaban J connectivity index is 1.71. The monoisotopic (exact) mass is 562 g/mol. The van der Waals surface area contributed by atoms with Crippen LogP contribution in [0.2, 0.25) is 0 Å². The number of hydrogen-bond donors (Lipinski definition) is 0. The number of carbonyl (C=O) groups excluding carboxylic acids is 2. The van der Waals surface area contributed by atoms with Gasteiger partial charge in [-0.1, -0.05) is 25.5 Å². The summed E-state index contributed by atoms with van der Waals surface area (Å²) in [6, 6.07) is 0. The molecule has 0 aromatic heterocycles. The Labute approximate surface area is 237 Å². The Kier molecular flexibility index (Phi) is 11.6. The lowest BCUT2D eigenvalue weighted by atomic mass is 9.94. The number of morpholine rings is 1. The van der Waals surface area contributed by atoms with E-state index in [4.69, 9.17) is 35.9 Å². The maximum atomic E-state index is 12.7. The molecule has 0 radical (unpaired) electrons. The first-order valence-corrected chi connectivity index (χ1v) is 14.0. The molecule has 0 unspecified atom stereocenters. The number of ether oxygens (including phenoxy) is 5. The molecule has 9 nitrogen and oxygen atoms in total. The molecule has 2 heterocycles. The van der Waals surface area contributed by atoms with Crippen LogP contribution in [0, 0.1) is 12.8 Å². The van der Waals surface area contributed by atoms with E-state index in [1.165, 1.54) is 0 Å². The largest absolute Gasteiger partial charge is 0.496 e. The van der Waals surface area contributed by atoms with E-state index in [1.807, 2.05) is 31.9 Å². The molecule has 216 valence electrons. The highest BCUT2D eigenvalue weighted by molar-refractivity contribution is 7.80. The molecule has 0 aliphatic carbocycles. The molecule has 0 N–H and O–H groups in total. The summed E-state index contributed by atoms with van der Waals surface area (Å²) in [5.74, 6) is 0.759. The minimum Gasteiger partial charge on any atom is -0.496 e. The molecule has 1 aromatic carbocycles. The van der Waals surface area contributed by atoms with E-state index in [0.29, 0.717) is 55.4 Å². The van der Waals surface area contributed by atoms with Gasteiger partial charge < -0.3 is 28.6 Å². The van der Waals surface area contributed by atoms with Gasteiger partial charge >= 0.3 is 11.9 Å². The molecule has 2 aliphatic heterocycles. The molecule has 2 aliphatic rings.